The normalized spacial score (nSPS) is 19.8. The first kappa shape index (κ1) is 47.0. The van der Waals surface area contributed by atoms with Crippen LogP contribution in [0.4, 0.5) is 0 Å². The zero-order chi connectivity index (χ0) is 34.8. The topological polar surface area (TPSA) is 0 Å². The third kappa shape index (κ3) is 39.0. The van der Waals surface area contributed by atoms with E-state index in [0.717, 1.165) is 5.92 Å². The molecule has 0 aromatic rings. The predicted octanol–water partition coefficient (Wildman–Crippen LogP) is 19.0. The minimum absolute atomic E-state index is 1.04. The second-order valence-electron chi connectivity index (χ2n) is 17.4. The molecule has 0 heterocycles. The first-order valence-corrected chi connectivity index (χ1v) is 24.4. The van der Waals surface area contributed by atoms with E-state index in [1.54, 1.807) is 19.3 Å². The molecule has 1 fully saturated rings. The standard InChI is InChI=1S/C49H98/c1-2-3-4-5-6-7-8-9-10-22-25-28-31-34-37-40-43-46-49-47-44-41-38-35-32-29-26-23-20-18-16-14-12-11-13-15-17-19-21-24-27-30-33-36-39-42-45-48-49/h49H,2-48H2,1H3. The molecule has 0 radical (unpaired) electrons. The number of unbranched alkanes of at least 4 members (excludes halogenated alkanes) is 16. The summed E-state index contributed by atoms with van der Waals surface area (Å²) in [7, 11) is 0. The maximum Gasteiger partial charge on any atom is -0.0414 e. The fourth-order valence-corrected chi connectivity index (χ4v) is 8.88. The van der Waals surface area contributed by atoms with Crippen molar-refractivity contribution in [3.63, 3.8) is 0 Å². The van der Waals surface area contributed by atoms with Gasteiger partial charge in [0.1, 0.15) is 0 Å². The van der Waals surface area contributed by atoms with Crippen molar-refractivity contribution in [1.82, 2.24) is 0 Å². The molecule has 0 spiro atoms. The summed E-state index contributed by atoms with van der Waals surface area (Å²) in [6, 6.07) is 0. The smallest absolute Gasteiger partial charge is 0.0414 e. The summed E-state index contributed by atoms with van der Waals surface area (Å²) < 4.78 is 0. The average Bonchev–Trinajstić information content (AvgIpc) is 3.11. The maximum atomic E-state index is 2.32. The van der Waals surface area contributed by atoms with E-state index in [0.29, 0.717) is 0 Å². The van der Waals surface area contributed by atoms with Crippen LogP contribution in [0.1, 0.15) is 309 Å². The quantitative estimate of drug-likeness (QED) is 0.126. The van der Waals surface area contributed by atoms with Crippen LogP contribution < -0.4 is 0 Å². The van der Waals surface area contributed by atoms with Gasteiger partial charge in [-0.15, -0.1) is 0 Å². The summed E-state index contributed by atoms with van der Waals surface area (Å²) in [6.45, 7) is 2.32. The molecule has 1 rings (SSSR count). The van der Waals surface area contributed by atoms with Crippen molar-refractivity contribution in [2.75, 3.05) is 0 Å². The Kier molecular flexibility index (Phi) is 40.7. The highest BCUT2D eigenvalue weighted by Crippen LogP contribution is 2.25. The first-order chi connectivity index (χ1) is 24.4. The highest BCUT2D eigenvalue weighted by molar-refractivity contribution is 4.63. The predicted molar refractivity (Wildman–Crippen MR) is 226 cm³/mol. The Morgan fingerprint density at radius 2 is 0.408 bits per heavy atom. The minimum Gasteiger partial charge on any atom is -0.0654 e. The van der Waals surface area contributed by atoms with Gasteiger partial charge in [-0.25, -0.2) is 0 Å². The van der Waals surface area contributed by atoms with Crippen LogP contribution in [0.2, 0.25) is 0 Å². The van der Waals surface area contributed by atoms with E-state index >= 15 is 0 Å². The van der Waals surface area contributed by atoms with E-state index in [4.69, 9.17) is 0 Å². The lowest BCUT2D eigenvalue weighted by Crippen LogP contribution is -2.01. The van der Waals surface area contributed by atoms with Gasteiger partial charge in [-0.1, -0.05) is 309 Å². The van der Waals surface area contributed by atoms with Gasteiger partial charge in [-0.3, -0.25) is 0 Å². The zero-order valence-corrected chi connectivity index (χ0v) is 34.8. The Morgan fingerprint density at radius 1 is 0.224 bits per heavy atom. The van der Waals surface area contributed by atoms with Gasteiger partial charge in [0.15, 0.2) is 0 Å². The van der Waals surface area contributed by atoms with Gasteiger partial charge >= 0.3 is 0 Å². The highest BCUT2D eigenvalue weighted by Gasteiger charge is 2.09. The van der Waals surface area contributed by atoms with Crippen LogP contribution in [0.25, 0.3) is 0 Å². The molecule has 0 amide bonds. The Hall–Kier alpha value is 0. The Morgan fingerprint density at radius 3 is 0.633 bits per heavy atom. The maximum absolute atomic E-state index is 2.32. The molecule has 49 heavy (non-hydrogen) atoms. The van der Waals surface area contributed by atoms with Crippen molar-refractivity contribution in [1.29, 1.82) is 0 Å². The van der Waals surface area contributed by atoms with E-state index in [1.165, 1.54) is 283 Å². The Balaban J connectivity index is 2.14. The molecule has 294 valence electrons. The molecule has 1 saturated carbocycles. The van der Waals surface area contributed by atoms with Crippen LogP contribution in [0.5, 0.6) is 0 Å². The Bertz CT molecular complexity index is 534. The molecule has 1 aliphatic carbocycles. The number of hydrogen-bond donors (Lipinski definition) is 0. The molecule has 0 atom stereocenters. The van der Waals surface area contributed by atoms with Gasteiger partial charge in [0.2, 0.25) is 0 Å². The molecule has 0 aliphatic heterocycles. The van der Waals surface area contributed by atoms with E-state index in [2.05, 4.69) is 6.92 Å². The zero-order valence-electron chi connectivity index (χ0n) is 34.8. The fraction of sp³-hybridized carbons (Fsp3) is 1.00. The molecule has 0 aromatic heterocycles. The van der Waals surface area contributed by atoms with Gasteiger partial charge in [-0.2, -0.15) is 0 Å². The molecule has 0 unspecified atom stereocenters. The molecule has 0 heteroatoms. The lowest BCUT2D eigenvalue weighted by Gasteiger charge is -2.17. The second-order valence-corrected chi connectivity index (χ2v) is 17.4. The van der Waals surface area contributed by atoms with Crippen molar-refractivity contribution >= 4 is 0 Å². The summed E-state index contributed by atoms with van der Waals surface area (Å²) in [5.74, 6) is 1.04. The van der Waals surface area contributed by atoms with Gasteiger partial charge in [0.05, 0.1) is 0 Å². The van der Waals surface area contributed by atoms with E-state index in [9.17, 15) is 0 Å². The van der Waals surface area contributed by atoms with Gasteiger partial charge in [-0.05, 0) is 5.92 Å². The summed E-state index contributed by atoms with van der Waals surface area (Å²) in [6.07, 6.45) is 70.5. The number of hydrogen-bond acceptors (Lipinski definition) is 0. The van der Waals surface area contributed by atoms with Crippen LogP contribution in [-0.2, 0) is 0 Å². The van der Waals surface area contributed by atoms with E-state index in [1.807, 2.05) is 0 Å². The first-order valence-electron chi connectivity index (χ1n) is 24.4. The summed E-state index contributed by atoms with van der Waals surface area (Å²) in [5.41, 5.74) is 0. The van der Waals surface area contributed by atoms with Gasteiger partial charge < -0.3 is 0 Å². The number of rotatable bonds is 18. The van der Waals surface area contributed by atoms with Crippen LogP contribution >= 0.6 is 0 Å². The molecule has 0 nitrogen and oxygen atoms in total. The van der Waals surface area contributed by atoms with Crippen molar-refractivity contribution in [2.45, 2.75) is 309 Å². The third-order valence-corrected chi connectivity index (χ3v) is 12.4. The lowest BCUT2D eigenvalue weighted by atomic mass is 9.89. The van der Waals surface area contributed by atoms with Gasteiger partial charge in [0.25, 0.3) is 0 Å². The fourth-order valence-electron chi connectivity index (χ4n) is 8.88. The largest absolute Gasteiger partial charge is 0.0654 e. The minimum atomic E-state index is 1.04. The lowest BCUT2D eigenvalue weighted by molar-refractivity contribution is 0.365. The SMILES string of the molecule is CCCCCCCCCCCCCCCCCCCC1CCCCCCCCCCCCCCCCCCCCCCCCCCCCC1. The average molecular weight is 687 g/mol. The summed E-state index contributed by atoms with van der Waals surface area (Å²) >= 11 is 0. The van der Waals surface area contributed by atoms with Crippen molar-refractivity contribution < 1.29 is 0 Å². The van der Waals surface area contributed by atoms with Crippen molar-refractivity contribution in [3.05, 3.63) is 0 Å². The molecule has 0 N–H and O–H groups in total. The molecule has 1 aliphatic rings. The van der Waals surface area contributed by atoms with Crippen LogP contribution in [0.3, 0.4) is 0 Å². The van der Waals surface area contributed by atoms with Crippen LogP contribution in [0, 0.1) is 5.92 Å². The molecular formula is C49H98. The van der Waals surface area contributed by atoms with Crippen molar-refractivity contribution in [2.24, 2.45) is 5.92 Å². The Labute approximate surface area is 313 Å². The molecule has 0 saturated heterocycles. The molecular weight excluding hydrogens is 589 g/mol. The summed E-state index contributed by atoms with van der Waals surface area (Å²) in [5, 5.41) is 0. The highest BCUT2D eigenvalue weighted by atomic mass is 14.1. The monoisotopic (exact) mass is 687 g/mol. The molecule has 0 aromatic carbocycles. The third-order valence-electron chi connectivity index (χ3n) is 12.4. The summed E-state index contributed by atoms with van der Waals surface area (Å²) in [4.78, 5) is 0. The van der Waals surface area contributed by atoms with Crippen molar-refractivity contribution in [3.8, 4) is 0 Å². The van der Waals surface area contributed by atoms with E-state index in [-0.39, 0.29) is 0 Å². The van der Waals surface area contributed by atoms with Crippen LogP contribution in [0.15, 0.2) is 0 Å². The van der Waals surface area contributed by atoms with Crippen LogP contribution in [-0.4, -0.2) is 0 Å². The molecule has 0 bridgehead atoms. The van der Waals surface area contributed by atoms with Gasteiger partial charge in [0, 0.05) is 0 Å². The second kappa shape index (κ2) is 42.4. The van der Waals surface area contributed by atoms with E-state index < -0.39 is 0 Å².